The van der Waals surface area contributed by atoms with Gasteiger partial charge in [-0.15, -0.1) is 11.8 Å². The number of amides is 1. The fraction of sp³-hybridized carbons (Fsp3) is 0.267. The number of hydrogen-bond acceptors (Lipinski definition) is 4. The third kappa shape index (κ3) is 3.23. The Bertz CT molecular complexity index is 635. The van der Waals surface area contributed by atoms with E-state index in [0.717, 1.165) is 11.3 Å². The van der Waals surface area contributed by atoms with E-state index in [-0.39, 0.29) is 5.76 Å². The molecule has 106 valence electrons. The highest BCUT2D eigenvalue weighted by atomic mass is 32.2. The van der Waals surface area contributed by atoms with Gasteiger partial charge in [0.1, 0.15) is 5.76 Å². The molecule has 0 aliphatic rings. The third-order valence-corrected chi connectivity index (χ3v) is 4.18. The number of hydrogen-bond donors (Lipinski definition) is 2. The molecule has 1 amide bonds. The van der Waals surface area contributed by atoms with Crippen LogP contribution in [-0.4, -0.2) is 5.91 Å². The lowest BCUT2D eigenvalue weighted by Gasteiger charge is -2.03. The maximum atomic E-state index is 11.5. The van der Waals surface area contributed by atoms with Crippen LogP contribution in [0.2, 0.25) is 0 Å². The molecule has 0 spiro atoms. The van der Waals surface area contributed by atoms with Gasteiger partial charge in [0.25, 0.3) is 0 Å². The molecule has 0 saturated carbocycles. The summed E-state index contributed by atoms with van der Waals surface area (Å²) in [4.78, 5) is 12.7. The van der Waals surface area contributed by atoms with E-state index < -0.39 is 5.91 Å². The van der Waals surface area contributed by atoms with Crippen molar-refractivity contribution in [1.29, 1.82) is 0 Å². The smallest absolute Gasteiger partial charge is 0.301 e. The largest absolute Gasteiger partial charge is 0.455 e. The molecule has 0 radical (unpaired) electrons. The highest BCUT2D eigenvalue weighted by molar-refractivity contribution is 7.98. The average molecular weight is 290 g/mol. The molecule has 0 aliphatic carbocycles. The normalized spacial score (nSPS) is 10.6. The van der Waals surface area contributed by atoms with Crippen molar-refractivity contribution in [1.82, 2.24) is 5.43 Å². The highest BCUT2D eigenvalue weighted by Gasteiger charge is 2.14. The van der Waals surface area contributed by atoms with Crippen LogP contribution in [0.3, 0.4) is 0 Å². The summed E-state index contributed by atoms with van der Waals surface area (Å²) < 4.78 is 5.53. The van der Waals surface area contributed by atoms with Gasteiger partial charge in [0.2, 0.25) is 0 Å². The molecule has 2 aromatic rings. The summed E-state index contributed by atoms with van der Waals surface area (Å²) in [6.07, 6.45) is 0. The van der Waals surface area contributed by atoms with Crippen molar-refractivity contribution in [3.63, 3.8) is 0 Å². The number of nitrogens with one attached hydrogen (secondary N) is 1. The predicted octanol–water partition coefficient (Wildman–Crippen LogP) is 3.10. The molecule has 3 N–H and O–H groups in total. The lowest BCUT2D eigenvalue weighted by Crippen LogP contribution is -2.30. The number of hydrazine groups is 1. The maximum Gasteiger partial charge on any atom is 0.301 e. The van der Waals surface area contributed by atoms with Crippen molar-refractivity contribution < 1.29 is 9.21 Å². The third-order valence-electron chi connectivity index (χ3n) is 3.17. The Morgan fingerprint density at radius 2 is 1.95 bits per heavy atom. The molecular formula is C15H18N2O2S. The molecule has 1 heterocycles. The number of carbonyl (C=O) groups is 1. The molecule has 2 rings (SSSR count). The molecule has 5 heteroatoms. The second kappa shape index (κ2) is 6.15. The minimum atomic E-state index is -0.398. The molecule has 0 bridgehead atoms. The van der Waals surface area contributed by atoms with Gasteiger partial charge >= 0.3 is 5.91 Å². The maximum absolute atomic E-state index is 11.5. The standard InChI is InChI=1S/C15H18N2O2S/c1-9-4-5-13(7-10(9)2)20-8-12-6-11(3)14(19-12)15(18)17-16/h4-7H,8,16H2,1-3H3,(H,17,18). The van der Waals surface area contributed by atoms with E-state index in [1.54, 1.807) is 11.8 Å². The molecule has 1 aromatic heterocycles. The lowest BCUT2D eigenvalue weighted by molar-refractivity contribution is 0.0923. The van der Waals surface area contributed by atoms with Crippen molar-refractivity contribution in [2.45, 2.75) is 31.4 Å². The first-order chi connectivity index (χ1) is 9.51. The highest BCUT2D eigenvalue weighted by Crippen LogP contribution is 2.26. The number of thioether (sulfide) groups is 1. The first kappa shape index (κ1) is 14.7. The first-order valence-electron chi connectivity index (χ1n) is 6.31. The number of furan rings is 1. The number of nitrogen functional groups attached to an aromatic ring is 1. The molecule has 0 fully saturated rings. The van der Waals surface area contributed by atoms with Crippen LogP contribution in [-0.2, 0) is 5.75 Å². The molecule has 0 aliphatic heterocycles. The van der Waals surface area contributed by atoms with Crippen molar-refractivity contribution in [3.8, 4) is 0 Å². The van der Waals surface area contributed by atoms with Crippen LogP contribution < -0.4 is 11.3 Å². The molecular weight excluding hydrogens is 272 g/mol. The zero-order chi connectivity index (χ0) is 14.7. The lowest BCUT2D eigenvalue weighted by atomic mass is 10.1. The molecule has 4 nitrogen and oxygen atoms in total. The van der Waals surface area contributed by atoms with Crippen LogP contribution >= 0.6 is 11.8 Å². The van der Waals surface area contributed by atoms with Gasteiger partial charge in [0.15, 0.2) is 5.76 Å². The summed E-state index contributed by atoms with van der Waals surface area (Å²) in [5.41, 5.74) is 5.43. The van der Waals surface area contributed by atoms with Crippen molar-refractivity contribution in [2.75, 3.05) is 0 Å². The van der Waals surface area contributed by atoms with E-state index in [4.69, 9.17) is 10.3 Å². The van der Waals surface area contributed by atoms with Crippen LogP contribution in [0, 0.1) is 20.8 Å². The molecule has 20 heavy (non-hydrogen) atoms. The zero-order valence-corrected chi connectivity index (χ0v) is 12.6. The Kier molecular flexibility index (Phi) is 4.52. The quantitative estimate of drug-likeness (QED) is 0.393. The van der Waals surface area contributed by atoms with E-state index >= 15 is 0 Å². The SMILES string of the molecule is Cc1ccc(SCc2cc(C)c(C(=O)NN)o2)cc1C. The number of rotatable bonds is 4. The Morgan fingerprint density at radius 3 is 2.60 bits per heavy atom. The van der Waals surface area contributed by atoms with E-state index in [9.17, 15) is 4.79 Å². The van der Waals surface area contributed by atoms with Crippen LogP contribution in [0.4, 0.5) is 0 Å². The predicted molar refractivity (Wildman–Crippen MR) is 80.6 cm³/mol. The van der Waals surface area contributed by atoms with Crippen LogP contribution in [0.1, 0.15) is 33.0 Å². The monoisotopic (exact) mass is 290 g/mol. The van der Waals surface area contributed by atoms with Gasteiger partial charge in [0, 0.05) is 10.5 Å². The van der Waals surface area contributed by atoms with E-state index in [0.29, 0.717) is 5.75 Å². The number of aryl methyl sites for hydroxylation is 3. The second-order valence-corrected chi connectivity index (χ2v) is 5.78. The summed E-state index contributed by atoms with van der Waals surface area (Å²) in [6.45, 7) is 6.02. The van der Waals surface area contributed by atoms with Gasteiger partial charge in [-0.1, -0.05) is 6.07 Å². The number of nitrogens with two attached hydrogens (primary N) is 1. The Hall–Kier alpha value is -1.72. The summed E-state index contributed by atoms with van der Waals surface area (Å²) in [5.74, 6) is 6.45. The summed E-state index contributed by atoms with van der Waals surface area (Å²) in [7, 11) is 0. The molecule has 0 atom stereocenters. The van der Waals surface area contributed by atoms with Crippen LogP contribution in [0.15, 0.2) is 33.6 Å². The second-order valence-electron chi connectivity index (χ2n) is 4.73. The van der Waals surface area contributed by atoms with Crippen molar-refractivity contribution in [3.05, 3.63) is 52.5 Å². The van der Waals surface area contributed by atoms with Gasteiger partial charge in [-0.05, 0) is 50.1 Å². The molecule has 0 saturated heterocycles. The van der Waals surface area contributed by atoms with Crippen molar-refractivity contribution >= 4 is 17.7 Å². The van der Waals surface area contributed by atoms with Gasteiger partial charge < -0.3 is 4.42 Å². The minimum absolute atomic E-state index is 0.281. The van der Waals surface area contributed by atoms with Crippen LogP contribution in [0.25, 0.3) is 0 Å². The Labute approximate surface area is 122 Å². The zero-order valence-electron chi connectivity index (χ0n) is 11.8. The van der Waals surface area contributed by atoms with E-state index in [1.807, 2.05) is 13.0 Å². The molecule has 0 unspecified atom stereocenters. The molecule has 1 aromatic carbocycles. The fourth-order valence-electron chi connectivity index (χ4n) is 1.87. The minimum Gasteiger partial charge on any atom is -0.455 e. The van der Waals surface area contributed by atoms with Gasteiger partial charge in [-0.25, -0.2) is 5.84 Å². The van der Waals surface area contributed by atoms with E-state index in [2.05, 4.69) is 37.5 Å². The topological polar surface area (TPSA) is 68.3 Å². The van der Waals surface area contributed by atoms with Gasteiger partial charge in [-0.3, -0.25) is 10.2 Å². The summed E-state index contributed by atoms with van der Waals surface area (Å²) in [5, 5.41) is 0. The Morgan fingerprint density at radius 1 is 1.20 bits per heavy atom. The van der Waals surface area contributed by atoms with Gasteiger partial charge in [-0.2, -0.15) is 0 Å². The summed E-state index contributed by atoms with van der Waals surface area (Å²) in [6, 6.07) is 8.23. The number of carbonyl (C=O) groups excluding carboxylic acids is 1. The van der Waals surface area contributed by atoms with Gasteiger partial charge in [0.05, 0.1) is 5.75 Å². The van der Waals surface area contributed by atoms with Crippen LogP contribution in [0.5, 0.6) is 0 Å². The Balaban J connectivity index is 2.07. The fourth-order valence-corrected chi connectivity index (χ4v) is 2.74. The van der Waals surface area contributed by atoms with E-state index in [1.165, 1.54) is 16.0 Å². The summed E-state index contributed by atoms with van der Waals surface area (Å²) >= 11 is 1.68. The number of benzene rings is 1. The van der Waals surface area contributed by atoms with Crippen molar-refractivity contribution in [2.24, 2.45) is 5.84 Å². The first-order valence-corrected chi connectivity index (χ1v) is 7.30. The average Bonchev–Trinajstić information content (AvgIpc) is 2.80.